The zero-order valence-corrected chi connectivity index (χ0v) is 13.8. The second-order valence-electron chi connectivity index (χ2n) is 5.91. The van der Waals surface area contributed by atoms with Crippen LogP contribution in [0, 0.1) is 0 Å². The second kappa shape index (κ2) is 6.07. The highest BCUT2D eigenvalue weighted by molar-refractivity contribution is 5.66. The molecule has 2 aliphatic heterocycles. The number of hydrogen-bond donors (Lipinski definition) is 0. The third-order valence-electron chi connectivity index (χ3n) is 4.19. The molecule has 2 aromatic heterocycles. The van der Waals surface area contributed by atoms with Gasteiger partial charge in [-0.2, -0.15) is 9.97 Å². The zero-order chi connectivity index (χ0) is 17.3. The van der Waals surface area contributed by atoms with E-state index in [1.54, 1.807) is 12.4 Å². The molecule has 0 radical (unpaired) electrons. The summed E-state index contributed by atoms with van der Waals surface area (Å²) < 4.78 is 11.1. The van der Waals surface area contributed by atoms with E-state index in [0.29, 0.717) is 36.6 Å². The zero-order valence-electron chi connectivity index (χ0n) is 13.8. The maximum atomic E-state index is 5.55. The molecule has 0 spiro atoms. The van der Waals surface area contributed by atoms with E-state index in [4.69, 9.17) is 9.47 Å². The van der Waals surface area contributed by atoms with Gasteiger partial charge in [0.1, 0.15) is 13.2 Å². The fourth-order valence-corrected chi connectivity index (χ4v) is 2.86. The predicted molar refractivity (Wildman–Crippen MR) is 97.6 cm³/mol. The van der Waals surface area contributed by atoms with E-state index < -0.39 is 0 Å². The number of aromatic nitrogens is 4. The van der Waals surface area contributed by atoms with Crippen LogP contribution in [0.2, 0.25) is 0 Å². The van der Waals surface area contributed by atoms with Crippen LogP contribution in [-0.4, -0.2) is 33.1 Å². The van der Waals surface area contributed by atoms with Crippen LogP contribution in [0.4, 0.5) is 0 Å². The Morgan fingerprint density at radius 2 is 1.12 bits per heavy atom. The van der Waals surface area contributed by atoms with E-state index in [9.17, 15) is 0 Å². The second-order valence-corrected chi connectivity index (χ2v) is 5.91. The summed E-state index contributed by atoms with van der Waals surface area (Å²) in [6, 6.07) is 7.83. The lowest BCUT2D eigenvalue weighted by molar-refractivity contribution is 0.343. The molecule has 5 rings (SSSR count). The summed E-state index contributed by atoms with van der Waals surface area (Å²) in [5.74, 6) is 2.49. The first-order valence-electron chi connectivity index (χ1n) is 8.30. The van der Waals surface area contributed by atoms with Crippen LogP contribution in [0.5, 0.6) is 11.8 Å². The minimum Gasteiger partial charge on any atom is -0.473 e. The van der Waals surface area contributed by atoms with Gasteiger partial charge in [-0.05, 0) is 24.3 Å². The van der Waals surface area contributed by atoms with Crippen LogP contribution < -0.4 is 9.47 Å². The lowest BCUT2D eigenvalue weighted by atomic mass is 10.1. The van der Waals surface area contributed by atoms with E-state index in [1.165, 1.54) is 0 Å². The summed E-state index contributed by atoms with van der Waals surface area (Å²) in [6.07, 6.45) is 11.4. The highest BCUT2D eigenvalue weighted by atomic mass is 16.5. The third kappa shape index (κ3) is 2.61. The van der Waals surface area contributed by atoms with Gasteiger partial charge in [0.15, 0.2) is 11.6 Å². The van der Waals surface area contributed by atoms with Gasteiger partial charge in [-0.1, -0.05) is 24.3 Å². The first-order chi connectivity index (χ1) is 12.9. The van der Waals surface area contributed by atoms with Crippen molar-refractivity contribution in [1.29, 1.82) is 0 Å². The Kier molecular flexibility index (Phi) is 3.45. The Morgan fingerprint density at radius 1 is 0.654 bits per heavy atom. The van der Waals surface area contributed by atoms with E-state index in [0.717, 1.165) is 22.3 Å². The largest absolute Gasteiger partial charge is 0.473 e. The van der Waals surface area contributed by atoms with Crippen molar-refractivity contribution in [3.63, 3.8) is 0 Å². The van der Waals surface area contributed by atoms with Crippen molar-refractivity contribution in [2.45, 2.75) is 0 Å². The Hall–Kier alpha value is -3.54. The number of fused-ring (bicyclic) bond motifs is 2. The summed E-state index contributed by atoms with van der Waals surface area (Å²) in [4.78, 5) is 17.8. The van der Waals surface area contributed by atoms with E-state index in [-0.39, 0.29) is 0 Å². The number of rotatable bonds is 2. The van der Waals surface area contributed by atoms with Gasteiger partial charge >= 0.3 is 0 Å². The fraction of sp³-hybridized carbons (Fsp3) is 0.100. The first kappa shape index (κ1) is 14.8. The van der Waals surface area contributed by atoms with E-state index >= 15 is 0 Å². The molecule has 0 saturated carbocycles. The number of benzene rings is 1. The van der Waals surface area contributed by atoms with E-state index in [1.807, 2.05) is 48.6 Å². The molecule has 0 unspecified atom stereocenters. The Labute approximate surface area is 149 Å². The number of hydrogen-bond acceptors (Lipinski definition) is 6. The molecule has 0 fully saturated rings. The van der Waals surface area contributed by atoms with Crippen molar-refractivity contribution in [3.8, 4) is 34.5 Å². The summed E-state index contributed by atoms with van der Waals surface area (Å²) in [5.41, 5.74) is 3.61. The molecule has 4 heterocycles. The topological polar surface area (TPSA) is 70.0 Å². The van der Waals surface area contributed by atoms with Gasteiger partial charge in [0.2, 0.25) is 11.8 Å². The maximum absolute atomic E-state index is 5.55. The van der Waals surface area contributed by atoms with Gasteiger partial charge in [0.05, 0.1) is 11.1 Å². The standard InChI is InChI=1S/C20H14N4O2/c1-3-15-11-21-17(23-19(15)25-9-1)13-5-7-14(8-6-13)18-22-12-16-4-2-10-26-20(16)24-18/h1-8,11-12H,9-10H2. The number of ether oxygens (including phenoxy) is 2. The molecule has 26 heavy (non-hydrogen) atoms. The highest BCUT2D eigenvalue weighted by Crippen LogP contribution is 2.27. The summed E-state index contributed by atoms with van der Waals surface area (Å²) in [7, 11) is 0. The Bertz CT molecular complexity index is 958. The molecule has 0 atom stereocenters. The molecule has 0 saturated heterocycles. The average molecular weight is 342 g/mol. The van der Waals surface area contributed by atoms with Gasteiger partial charge in [0.25, 0.3) is 0 Å². The molecule has 0 N–H and O–H groups in total. The monoisotopic (exact) mass is 342 g/mol. The highest BCUT2D eigenvalue weighted by Gasteiger charge is 2.13. The smallest absolute Gasteiger partial charge is 0.224 e. The first-order valence-corrected chi connectivity index (χ1v) is 8.30. The fourth-order valence-electron chi connectivity index (χ4n) is 2.86. The Balaban J connectivity index is 1.46. The van der Waals surface area contributed by atoms with Crippen molar-refractivity contribution >= 4 is 12.2 Å². The van der Waals surface area contributed by atoms with Gasteiger partial charge in [-0.3, -0.25) is 0 Å². The van der Waals surface area contributed by atoms with Gasteiger partial charge < -0.3 is 9.47 Å². The lowest BCUT2D eigenvalue weighted by Crippen LogP contribution is -2.04. The summed E-state index contributed by atoms with van der Waals surface area (Å²) >= 11 is 0. The van der Waals surface area contributed by atoms with Crippen molar-refractivity contribution in [3.05, 3.63) is 59.9 Å². The van der Waals surface area contributed by atoms with Crippen LogP contribution in [0.25, 0.3) is 34.9 Å². The van der Waals surface area contributed by atoms with Crippen molar-refractivity contribution < 1.29 is 9.47 Å². The molecule has 3 aromatic rings. The molecule has 126 valence electrons. The van der Waals surface area contributed by atoms with Crippen molar-refractivity contribution in [1.82, 2.24) is 19.9 Å². The van der Waals surface area contributed by atoms with Crippen LogP contribution in [0.15, 0.2) is 48.8 Å². The molecule has 6 nitrogen and oxygen atoms in total. The maximum Gasteiger partial charge on any atom is 0.224 e. The summed E-state index contributed by atoms with van der Waals surface area (Å²) in [5, 5.41) is 0. The third-order valence-corrected chi connectivity index (χ3v) is 4.19. The predicted octanol–water partition coefficient (Wildman–Crippen LogP) is 3.41. The van der Waals surface area contributed by atoms with Crippen LogP contribution in [-0.2, 0) is 0 Å². The van der Waals surface area contributed by atoms with Gasteiger partial charge in [-0.15, -0.1) is 0 Å². The minimum atomic E-state index is 0.537. The molecule has 1 aromatic carbocycles. The van der Waals surface area contributed by atoms with Crippen LogP contribution in [0.3, 0.4) is 0 Å². The van der Waals surface area contributed by atoms with Crippen molar-refractivity contribution in [2.24, 2.45) is 0 Å². The molecule has 0 aliphatic carbocycles. The molecular formula is C20H14N4O2. The normalized spacial score (nSPS) is 14.2. The summed E-state index contributed by atoms with van der Waals surface area (Å²) in [6.45, 7) is 1.07. The lowest BCUT2D eigenvalue weighted by Gasteiger charge is -2.12. The SMILES string of the molecule is C1=Cc2cnc(-c3ccc(-c4ncc5c(n4)OCC=C5)cc3)nc2OC1. The van der Waals surface area contributed by atoms with Crippen LogP contribution in [0.1, 0.15) is 11.1 Å². The van der Waals surface area contributed by atoms with Crippen LogP contribution >= 0.6 is 0 Å². The minimum absolute atomic E-state index is 0.537. The molecule has 6 heteroatoms. The number of nitrogens with zero attached hydrogens (tertiary/aromatic N) is 4. The molecule has 0 bridgehead atoms. The molecular weight excluding hydrogens is 328 g/mol. The van der Waals surface area contributed by atoms with E-state index in [2.05, 4.69) is 19.9 Å². The average Bonchev–Trinajstić information content (AvgIpc) is 2.73. The quantitative estimate of drug-likeness (QED) is 0.711. The van der Waals surface area contributed by atoms with Gasteiger partial charge in [-0.25, -0.2) is 9.97 Å². The van der Waals surface area contributed by atoms with Gasteiger partial charge in [0, 0.05) is 23.5 Å². The Morgan fingerprint density at radius 3 is 1.58 bits per heavy atom. The molecule has 0 amide bonds. The molecule has 2 aliphatic rings. The van der Waals surface area contributed by atoms with Crippen molar-refractivity contribution in [2.75, 3.05) is 13.2 Å².